The Balaban J connectivity index is 1.47. The van der Waals surface area contributed by atoms with Gasteiger partial charge in [-0.05, 0) is 67.4 Å². The number of carbonyl (C=O) groups excluding carboxylic acids is 1. The lowest BCUT2D eigenvalue weighted by molar-refractivity contribution is -0.137. The molecule has 1 spiro atoms. The summed E-state index contributed by atoms with van der Waals surface area (Å²) in [6.07, 6.45) is -1.06. The Morgan fingerprint density at radius 2 is 1.78 bits per heavy atom. The van der Waals surface area contributed by atoms with Crippen molar-refractivity contribution in [1.29, 1.82) is 0 Å². The molecule has 1 amide bonds. The summed E-state index contributed by atoms with van der Waals surface area (Å²) in [5, 5.41) is 6.51. The Morgan fingerprint density at radius 1 is 1.05 bits per heavy atom. The minimum atomic E-state index is -4.49. The van der Waals surface area contributed by atoms with Gasteiger partial charge in [-0.25, -0.2) is 9.97 Å². The highest BCUT2D eigenvalue weighted by Gasteiger charge is 2.60. The predicted octanol–water partition coefficient (Wildman–Crippen LogP) is 4.81. The summed E-state index contributed by atoms with van der Waals surface area (Å²) in [5.41, 5.74) is 0.405. The molecule has 1 saturated heterocycles. The molecule has 3 aliphatic rings. The fourth-order valence-electron chi connectivity index (χ4n) is 5.70. The number of hydrazone groups is 1. The van der Waals surface area contributed by atoms with Gasteiger partial charge in [0.25, 0.3) is 5.91 Å². The van der Waals surface area contributed by atoms with Crippen molar-refractivity contribution < 1.29 is 18.0 Å². The number of aromatic nitrogens is 2. The van der Waals surface area contributed by atoms with Gasteiger partial charge in [0, 0.05) is 42.7 Å². The van der Waals surface area contributed by atoms with Crippen LogP contribution in [0, 0.1) is 5.41 Å². The summed E-state index contributed by atoms with van der Waals surface area (Å²) in [4.78, 5) is 27.1. The van der Waals surface area contributed by atoms with Crippen LogP contribution in [0.5, 0.6) is 0 Å². The lowest BCUT2D eigenvalue weighted by Crippen LogP contribution is -2.67. The molecule has 0 saturated carbocycles. The first-order valence-corrected chi connectivity index (χ1v) is 12.2. The van der Waals surface area contributed by atoms with E-state index in [-0.39, 0.29) is 18.4 Å². The maximum absolute atomic E-state index is 14.2. The van der Waals surface area contributed by atoms with E-state index in [1.165, 1.54) is 17.1 Å². The maximum atomic E-state index is 14.2. The second-order valence-electron chi connectivity index (χ2n) is 9.47. The minimum absolute atomic E-state index is 0.106. The molecule has 0 aliphatic carbocycles. The van der Waals surface area contributed by atoms with Crippen molar-refractivity contribution >= 4 is 40.5 Å². The highest BCUT2D eigenvalue weighted by Crippen LogP contribution is 2.49. The van der Waals surface area contributed by atoms with Crippen LogP contribution >= 0.6 is 11.6 Å². The van der Waals surface area contributed by atoms with Gasteiger partial charge in [-0.2, -0.15) is 23.3 Å². The van der Waals surface area contributed by atoms with E-state index in [0.29, 0.717) is 53.3 Å². The Morgan fingerprint density at radius 3 is 2.49 bits per heavy atom. The van der Waals surface area contributed by atoms with Crippen molar-refractivity contribution in [3.63, 3.8) is 0 Å². The number of amides is 1. The number of hydrogen-bond acceptors (Lipinski definition) is 6. The number of carbonyl (C=O) groups is 1. The molecule has 4 heterocycles. The van der Waals surface area contributed by atoms with Crippen LogP contribution in [0.25, 0.3) is 0 Å². The number of piperazine rings is 1. The van der Waals surface area contributed by atoms with Crippen molar-refractivity contribution in [3.8, 4) is 0 Å². The van der Waals surface area contributed by atoms with Gasteiger partial charge in [0.1, 0.15) is 5.41 Å². The average molecular weight is 527 g/mol. The molecule has 2 aromatic carbocycles. The SMILES string of the molecule is CC1=NN(c2ccc(Cl)cc2)C(=O)C12Cc1cc(C(F)(F)F)ccc1N1CCN(c3ncccn3)CC12. The molecule has 3 aliphatic heterocycles. The average Bonchev–Trinajstić information content (AvgIpc) is 3.14. The molecule has 11 heteroatoms. The standard InChI is InChI=1S/C26H22ClF3N6O/c1-16-25(23(37)36(33-16)20-6-4-19(27)5-7-20)14-17-13-18(26(28,29)30)3-8-21(17)35-12-11-34(15-22(25)35)24-31-9-2-10-32-24/h2-10,13,22H,11-12,14-15H2,1H3. The van der Waals surface area contributed by atoms with Crippen LogP contribution in [-0.2, 0) is 17.4 Å². The number of nitrogens with zero attached hydrogens (tertiary/aromatic N) is 6. The zero-order chi connectivity index (χ0) is 25.9. The van der Waals surface area contributed by atoms with Crippen molar-refractivity contribution in [2.24, 2.45) is 10.5 Å². The van der Waals surface area contributed by atoms with E-state index in [0.717, 1.165) is 6.07 Å². The summed E-state index contributed by atoms with van der Waals surface area (Å²) in [6.45, 7) is 3.24. The van der Waals surface area contributed by atoms with Gasteiger partial charge in [-0.15, -0.1) is 0 Å². The third-order valence-corrected chi connectivity index (χ3v) is 7.76. The molecule has 2 atom stereocenters. The highest BCUT2D eigenvalue weighted by molar-refractivity contribution is 6.30. The number of anilines is 3. The third-order valence-electron chi connectivity index (χ3n) is 7.51. The summed E-state index contributed by atoms with van der Waals surface area (Å²) < 4.78 is 40.9. The molecule has 1 aromatic heterocycles. The molecular formula is C26H22ClF3N6O. The number of halogens is 4. The lowest BCUT2D eigenvalue weighted by Gasteiger charge is -2.53. The molecule has 2 unspecified atom stereocenters. The second-order valence-corrected chi connectivity index (χ2v) is 9.91. The van der Waals surface area contributed by atoms with Crippen LogP contribution in [0.15, 0.2) is 66.0 Å². The Labute approximate surface area is 216 Å². The predicted molar refractivity (Wildman–Crippen MR) is 135 cm³/mol. The van der Waals surface area contributed by atoms with E-state index >= 15 is 0 Å². The summed E-state index contributed by atoms with van der Waals surface area (Å²) in [6, 6.07) is 11.9. The van der Waals surface area contributed by atoms with E-state index in [4.69, 9.17) is 11.6 Å². The molecule has 6 rings (SSSR count). The van der Waals surface area contributed by atoms with Gasteiger partial charge in [-0.3, -0.25) is 4.79 Å². The van der Waals surface area contributed by atoms with Gasteiger partial charge in [0.15, 0.2) is 0 Å². The molecular weight excluding hydrogens is 505 g/mol. The van der Waals surface area contributed by atoms with Gasteiger partial charge in [0.05, 0.1) is 23.0 Å². The zero-order valence-electron chi connectivity index (χ0n) is 19.8. The molecule has 1 fully saturated rings. The zero-order valence-corrected chi connectivity index (χ0v) is 20.5. The van der Waals surface area contributed by atoms with Crippen LogP contribution in [-0.4, -0.2) is 47.3 Å². The molecule has 0 radical (unpaired) electrons. The van der Waals surface area contributed by atoms with Crippen LogP contribution < -0.4 is 14.8 Å². The molecule has 0 bridgehead atoms. The van der Waals surface area contributed by atoms with Crippen molar-refractivity contribution in [3.05, 3.63) is 77.1 Å². The Bertz CT molecular complexity index is 1400. The number of hydrogen-bond donors (Lipinski definition) is 0. The first-order valence-electron chi connectivity index (χ1n) is 11.8. The minimum Gasteiger partial charge on any atom is -0.363 e. The van der Waals surface area contributed by atoms with Crippen molar-refractivity contribution in [2.45, 2.75) is 25.6 Å². The van der Waals surface area contributed by atoms with Crippen molar-refractivity contribution in [2.75, 3.05) is 34.4 Å². The smallest absolute Gasteiger partial charge is 0.363 e. The quantitative estimate of drug-likeness (QED) is 0.479. The number of rotatable bonds is 2. The van der Waals surface area contributed by atoms with Crippen molar-refractivity contribution in [1.82, 2.24) is 9.97 Å². The maximum Gasteiger partial charge on any atom is 0.416 e. The van der Waals surface area contributed by atoms with Crippen LogP contribution in [0.1, 0.15) is 18.1 Å². The number of alkyl halides is 3. The van der Waals surface area contributed by atoms with E-state index in [2.05, 4.69) is 20.0 Å². The van der Waals surface area contributed by atoms with E-state index < -0.39 is 17.2 Å². The molecule has 190 valence electrons. The molecule has 3 aromatic rings. The fraction of sp³-hybridized carbons (Fsp3) is 0.308. The summed E-state index contributed by atoms with van der Waals surface area (Å²) in [5.74, 6) is 0.270. The third kappa shape index (κ3) is 3.73. The Hall–Kier alpha value is -3.66. The van der Waals surface area contributed by atoms with Crippen LogP contribution in [0.3, 0.4) is 0 Å². The largest absolute Gasteiger partial charge is 0.416 e. The van der Waals surface area contributed by atoms with Gasteiger partial charge in [0.2, 0.25) is 5.95 Å². The van der Waals surface area contributed by atoms with Gasteiger partial charge >= 0.3 is 6.18 Å². The molecule has 0 N–H and O–H groups in total. The van der Waals surface area contributed by atoms with Gasteiger partial charge in [-0.1, -0.05) is 11.6 Å². The van der Waals surface area contributed by atoms with Crippen LogP contribution in [0.4, 0.5) is 30.5 Å². The van der Waals surface area contributed by atoms with E-state index in [9.17, 15) is 18.0 Å². The second kappa shape index (κ2) is 8.44. The topological polar surface area (TPSA) is 64.9 Å². The fourth-order valence-corrected chi connectivity index (χ4v) is 5.83. The number of benzene rings is 2. The van der Waals surface area contributed by atoms with E-state index in [1.807, 2.05) is 4.90 Å². The van der Waals surface area contributed by atoms with Gasteiger partial charge < -0.3 is 9.80 Å². The summed E-state index contributed by atoms with van der Waals surface area (Å²) in [7, 11) is 0. The first-order chi connectivity index (χ1) is 17.7. The van der Waals surface area contributed by atoms with Crippen LogP contribution in [0.2, 0.25) is 5.02 Å². The summed E-state index contributed by atoms with van der Waals surface area (Å²) >= 11 is 6.04. The normalized spacial score (nSPS) is 23.3. The molecule has 7 nitrogen and oxygen atoms in total. The highest BCUT2D eigenvalue weighted by atomic mass is 35.5. The Kier molecular flexibility index (Phi) is 5.41. The monoisotopic (exact) mass is 526 g/mol. The van der Waals surface area contributed by atoms with E-state index in [1.54, 1.807) is 49.6 Å². The number of fused-ring (bicyclic) bond motifs is 4. The molecule has 37 heavy (non-hydrogen) atoms. The first kappa shape index (κ1) is 23.7. The lowest BCUT2D eigenvalue weighted by atomic mass is 9.67.